The number of halogens is 2. The zero-order valence-corrected chi connectivity index (χ0v) is 34.8. The third kappa shape index (κ3) is 10.5. The van der Waals surface area contributed by atoms with Gasteiger partial charge in [-0.2, -0.15) is 10.2 Å². The molecule has 0 radical (unpaired) electrons. The number of carbonyl (C=O) groups is 3. The molecule has 0 unspecified atom stereocenters. The molecule has 4 aromatic rings. The number of likely N-dealkylation sites (tertiary alicyclic amines) is 2. The monoisotopic (exact) mass is 800 g/mol. The Kier molecular flexibility index (Phi) is 13.1. The molecule has 0 aromatic carbocycles. The molecule has 2 saturated heterocycles. The van der Waals surface area contributed by atoms with Crippen LogP contribution in [0.2, 0.25) is 8.67 Å². The molecule has 0 saturated carbocycles. The van der Waals surface area contributed by atoms with Gasteiger partial charge in [0.05, 0.1) is 20.1 Å². The number of ether oxygens (including phenoxy) is 1. The van der Waals surface area contributed by atoms with Crippen molar-refractivity contribution in [2.45, 2.75) is 79.1 Å². The largest absolute Gasteiger partial charge is 0.445 e. The van der Waals surface area contributed by atoms with E-state index in [1.807, 2.05) is 65.8 Å². The van der Waals surface area contributed by atoms with Gasteiger partial charge >= 0.3 is 6.09 Å². The van der Waals surface area contributed by atoms with E-state index in [2.05, 4.69) is 40.9 Å². The Labute approximate surface area is 330 Å². The van der Waals surface area contributed by atoms with Crippen molar-refractivity contribution < 1.29 is 19.1 Å². The molecule has 0 aliphatic carbocycles. The predicted octanol–water partition coefficient (Wildman–Crippen LogP) is 8.89. The number of thiophene rings is 2. The average Bonchev–Trinajstić information content (AvgIpc) is 3.85. The molecule has 286 valence electrons. The van der Waals surface area contributed by atoms with Crippen molar-refractivity contribution in [2.24, 2.45) is 10.8 Å². The van der Waals surface area contributed by atoms with Gasteiger partial charge < -0.3 is 14.5 Å². The maximum absolute atomic E-state index is 12.9. The summed E-state index contributed by atoms with van der Waals surface area (Å²) in [5, 5.41) is 9.29. The molecular weight excluding hydrogens is 752 g/mol. The van der Waals surface area contributed by atoms with Gasteiger partial charge in [-0.05, 0) is 69.1 Å². The summed E-state index contributed by atoms with van der Waals surface area (Å²) in [5.41, 5.74) is 2.80. The summed E-state index contributed by atoms with van der Waals surface area (Å²) in [5.74, 6) is 0.569. The smallest absolute Gasteiger partial charge is 0.410 e. The van der Waals surface area contributed by atoms with Crippen LogP contribution in [0.3, 0.4) is 0 Å². The maximum atomic E-state index is 12.9. The number of carbonyl (C=O) groups excluding carboxylic acids is 3. The van der Waals surface area contributed by atoms with Crippen molar-refractivity contribution in [3.05, 3.63) is 90.3 Å². The lowest BCUT2D eigenvalue weighted by Gasteiger charge is -2.37. The van der Waals surface area contributed by atoms with Crippen molar-refractivity contribution in [3.63, 3.8) is 0 Å². The van der Waals surface area contributed by atoms with E-state index in [0.717, 1.165) is 63.8 Å². The van der Waals surface area contributed by atoms with Crippen LogP contribution in [0.15, 0.2) is 49.1 Å². The van der Waals surface area contributed by atoms with Crippen LogP contribution < -0.4 is 0 Å². The second kappa shape index (κ2) is 17.0. The predicted molar refractivity (Wildman–Crippen MR) is 214 cm³/mol. The van der Waals surface area contributed by atoms with Gasteiger partial charge in [-0.15, -0.1) is 22.7 Å². The Morgan fingerprint density at radius 3 is 1.57 bits per heavy atom. The van der Waals surface area contributed by atoms with Gasteiger partial charge in [0.15, 0.2) is 0 Å². The lowest BCUT2D eigenvalue weighted by atomic mass is 9.95. The fourth-order valence-electron chi connectivity index (χ4n) is 6.02. The van der Waals surface area contributed by atoms with Crippen LogP contribution in [0, 0.1) is 10.8 Å². The molecule has 0 spiro atoms. The highest BCUT2D eigenvalue weighted by Crippen LogP contribution is 2.31. The normalized spacial score (nSPS) is 15.4. The lowest BCUT2D eigenvalue weighted by Crippen LogP contribution is -2.48. The Bertz CT molecular complexity index is 1920. The summed E-state index contributed by atoms with van der Waals surface area (Å²) in [6.07, 6.45) is 4.37. The third-order valence-corrected chi connectivity index (χ3v) is 11.7. The minimum atomic E-state index is -0.537. The van der Waals surface area contributed by atoms with E-state index in [0.29, 0.717) is 25.4 Å². The maximum Gasteiger partial charge on any atom is 0.410 e. The molecule has 53 heavy (non-hydrogen) atoms. The minimum Gasteiger partial charge on any atom is -0.445 e. The molecule has 1 amide bonds. The number of aromatic nitrogens is 4. The number of amides is 1. The highest BCUT2D eigenvalue weighted by atomic mass is 35.5. The number of hydrogen-bond donors (Lipinski definition) is 0. The number of nitrogens with zero attached hydrogens (tertiary/aromatic N) is 6. The quantitative estimate of drug-likeness (QED) is 0.148. The van der Waals surface area contributed by atoms with Gasteiger partial charge in [0, 0.05) is 70.0 Å². The summed E-state index contributed by atoms with van der Waals surface area (Å²) < 4.78 is 9.82. The van der Waals surface area contributed by atoms with Crippen molar-refractivity contribution in [1.29, 1.82) is 0 Å². The molecule has 6 heterocycles. The molecule has 0 bridgehead atoms. The number of rotatable bonds is 10. The van der Waals surface area contributed by atoms with Crippen molar-refractivity contribution in [1.82, 2.24) is 29.4 Å². The first-order valence-corrected chi connectivity index (χ1v) is 20.3. The molecule has 2 fully saturated rings. The van der Waals surface area contributed by atoms with Crippen molar-refractivity contribution in [3.8, 4) is 0 Å². The molecule has 0 atom stereocenters. The van der Waals surface area contributed by atoms with Gasteiger partial charge in [-0.3, -0.25) is 9.59 Å². The number of aryl methyl sites for hydroxylation is 4. The average molecular weight is 802 g/mol. The topological polar surface area (TPSA) is 103 Å². The fraction of sp³-hybridized carbons (Fsp3) is 0.513. The summed E-state index contributed by atoms with van der Waals surface area (Å²) >= 11 is 15.2. The first kappa shape index (κ1) is 40.9. The Morgan fingerprint density at radius 1 is 0.774 bits per heavy atom. The molecular formula is C39H50Cl2N6O4S2. The van der Waals surface area contributed by atoms with Crippen LogP contribution in [-0.4, -0.2) is 87.1 Å². The molecule has 2 aliphatic heterocycles. The van der Waals surface area contributed by atoms with Crippen LogP contribution in [0.25, 0.3) is 0 Å². The van der Waals surface area contributed by atoms with Gasteiger partial charge in [0.1, 0.15) is 6.61 Å². The van der Waals surface area contributed by atoms with Gasteiger partial charge in [-0.1, -0.05) is 77.4 Å². The van der Waals surface area contributed by atoms with Crippen molar-refractivity contribution >= 4 is 63.8 Å². The first-order chi connectivity index (χ1) is 24.9. The van der Waals surface area contributed by atoms with Crippen molar-refractivity contribution in [2.75, 3.05) is 39.8 Å². The second-order valence-electron chi connectivity index (χ2n) is 15.9. The SMILES string of the molecule is C=CCOC(=O)N1CC(c2cc(CCc3ccc(Cl)s3)n(C(=O)C(C)(C)C)n2)C1.CN1CC(c2cc(CCc3ccc(Cl)s3)n(C(=O)C(C)(C)C)n2)C1. The van der Waals surface area contributed by atoms with E-state index >= 15 is 0 Å². The molecule has 10 nitrogen and oxygen atoms in total. The standard InChI is InChI=1S/C21H26ClN3O3S.C18H24ClN3OS/c1-5-10-28-20(27)24-12-14(13-24)17-11-15(6-7-16-8-9-18(22)29-16)25(23-17)19(26)21(2,3)4;1-18(2,3)17(23)22-13(5-6-14-7-8-16(19)24-14)9-15(20-22)12-10-21(4)11-12/h5,8-9,11,14H,1,6-7,10,12-13H2,2-4H3;7-9,12H,5-6,10-11H2,1-4H3. The van der Waals surface area contributed by atoms with Crippen LogP contribution in [-0.2, 0) is 30.4 Å². The molecule has 2 aliphatic rings. The molecule has 14 heteroatoms. The van der Waals surface area contributed by atoms with Crippen LogP contribution in [0.1, 0.15) is 95.5 Å². The van der Waals surface area contributed by atoms with Crippen LogP contribution in [0.5, 0.6) is 0 Å². The Morgan fingerprint density at radius 2 is 1.21 bits per heavy atom. The summed E-state index contributed by atoms with van der Waals surface area (Å²) in [6.45, 7) is 18.3. The number of likely N-dealkylation sites (N-methyl/N-ethyl adjacent to an activating group) is 1. The molecule has 0 N–H and O–H groups in total. The van der Waals surface area contributed by atoms with Gasteiger partial charge in [0.2, 0.25) is 0 Å². The number of hydrogen-bond acceptors (Lipinski definition) is 9. The highest BCUT2D eigenvalue weighted by molar-refractivity contribution is 7.16. The summed E-state index contributed by atoms with van der Waals surface area (Å²) in [4.78, 5) is 43.9. The zero-order valence-electron chi connectivity index (χ0n) is 31.7. The van der Waals surface area contributed by atoms with Gasteiger partial charge in [0.25, 0.3) is 11.8 Å². The zero-order chi connectivity index (χ0) is 38.7. The van der Waals surface area contributed by atoms with E-state index in [-0.39, 0.29) is 30.4 Å². The second-order valence-corrected chi connectivity index (χ2v) is 19.5. The van der Waals surface area contributed by atoms with E-state index in [9.17, 15) is 14.4 Å². The Hall–Kier alpha value is -3.29. The summed E-state index contributed by atoms with van der Waals surface area (Å²) in [7, 11) is 2.11. The molecule has 4 aromatic heterocycles. The van der Waals surface area contributed by atoms with Gasteiger partial charge in [-0.25, -0.2) is 14.2 Å². The highest BCUT2D eigenvalue weighted by Gasteiger charge is 2.36. The minimum absolute atomic E-state index is 0.0375. The Balaban J connectivity index is 0.000000208. The summed E-state index contributed by atoms with van der Waals surface area (Å²) in [6, 6.07) is 12.0. The van der Waals surface area contributed by atoms with E-state index in [4.69, 9.17) is 27.9 Å². The van der Waals surface area contributed by atoms with E-state index in [1.165, 1.54) is 9.75 Å². The molecule has 6 rings (SSSR count). The first-order valence-electron chi connectivity index (χ1n) is 17.9. The van der Waals surface area contributed by atoms with E-state index < -0.39 is 10.8 Å². The fourth-order valence-corrected chi connectivity index (χ4v) is 8.19. The third-order valence-electron chi connectivity index (χ3n) is 9.15. The van der Waals surface area contributed by atoms with Crippen LogP contribution in [0.4, 0.5) is 4.79 Å². The lowest BCUT2D eigenvalue weighted by molar-refractivity contribution is 0.0727. The van der Waals surface area contributed by atoms with E-state index in [1.54, 1.807) is 43.0 Å². The van der Waals surface area contributed by atoms with Crippen LogP contribution >= 0.6 is 45.9 Å².